The zero-order chi connectivity index (χ0) is 29.5. The van der Waals surface area contributed by atoms with Crippen LogP contribution in [0.4, 0.5) is 5.13 Å². The van der Waals surface area contributed by atoms with Crippen LogP contribution < -0.4 is 21.9 Å². The molecule has 1 fully saturated rings. The second-order valence-electron chi connectivity index (χ2n) is 9.09. The number of nitrogens with zero attached hydrogens (tertiary/aromatic N) is 4. The second kappa shape index (κ2) is 13.1. The summed E-state index contributed by atoms with van der Waals surface area (Å²) in [6.07, 6.45) is 0.396. The highest BCUT2D eigenvalue weighted by atomic mass is 32.3. The molecule has 0 spiro atoms. The van der Waals surface area contributed by atoms with Gasteiger partial charge in [-0.1, -0.05) is 5.16 Å². The Morgan fingerprint density at radius 2 is 1.95 bits per heavy atom. The molecule has 0 aliphatic carbocycles. The lowest BCUT2D eigenvalue weighted by Crippen LogP contribution is -2.68. The number of rotatable bonds is 15. The molecule has 1 aromatic carbocycles. The van der Waals surface area contributed by atoms with Gasteiger partial charge in [0.25, 0.3) is 5.91 Å². The number of Topliss-reactive ketones (excluding diaryl/α,β-unsaturated/α-hetero) is 1. The molecule has 1 atom stereocenters. The lowest BCUT2D eigenvalue weighted by Gasteiger charge is -2.50. The summed E-state index contributed by atoms with van der Waals surface area (Å²) in [7, 11) is -4.92. The van der Waals surface area contributed by atoms with Crippen LogP contribution in [0.15, 0.2) is 39.8 Å². The number of oxime groups is 1. The Morgan fingerprint density at radius 1 is 1.25 bits per heavy atom. The van der Waals surface area contributed by atoms with Crippen molar-refractivity contribution >= 4 is 50.1 Å². The van der Waals surface area contributed by atoms with E-state index in [1.165, 1.54) is 19.2 Å². The predicted octanol–water partition coefficient (Wildman–Crippen LogP) is 0.510. The van der Waals surface area contributed by atoms with Gasteiger partial charge in [0.1, 0.15) is 23.9 Å². The standard InChI is InChI=1S/C23H31N7O8S2/c1-23(2)16(21(32)30(23)38-40(33,34)35)12-18(31)19(17-13-39-22(26)28-17)29-37-11-10-36-15-6-4-14(5-7-15)20(25)27-9-3-8-24/h4-7,13,16H,3,8-12,24H2,1-2H3,(H2,25,27)(H2,26,28)(H,33,34,35)/b29-19-/t16-/m1/s1. The minimum atomic E-state index is -4.92. The number of nitrogen functional groups attached to an aromatic ring is 1. The van der Waals surface area contributed by atoms with Gasteiger partial charge in [0.2, 0.25) is 0 Å². The smallest absolute Gasteiger partial charge is 0.418 e. The van der Waals surface area contributed by atoms with E-state index in [9.17, 15) is 18.0 Å². The molecule has 1 aliphatic heterocycles. The number of aromatic nitrogens is 1. The monoisotopic (exact) mass is 597 g/mol. The summed E-state index contributed by atoms with van der Waals surface area (Å²) in [6, 6.07) is 6.99. The maximum absolute atomic E-state index is 13.1. The lowest BCUT2D eigenvalue weighted by molar-refractivity contribution is -0.228. The van der Waals surface area contributed by atoms with Crippen LogP contribution in [0.2, 0.25) is 0 Å². The molecule has 218 valence electrons. The number of amidine groups is 1. The first kappa shape index (κ1) is 30.9. The number of amides is 1. The molecule has 40 heavy (non-hydrogen) atoms. The minimum Gasteiger partial charge on any atom is -0.490 e. The number of aliphatic imine (C=N–C) groups is 1. The molecule has 2 heterocycles. The van der Waals surface area contributed by atoms with Crippen molar-refractivity contribution in [2.75, 3.05) is 32.0 Å². The summed E-state index contributed by atoms with van der Waals surface area (Å²) in [5, 5.41) is 6.13. The van der Waals surface area contributed by atoms with Crippen LogP contribution in [0.3, 0.4) is 0 Å². The summed E-state index contributed by atoms with van der Waals surface area (Å²) in [5.74, 6) is -1.38. The average molecular weight is 598 g/mol. The van der Waals surface area contributed by atoms with Gasteiger partial charge in [-0.25, -0.2) is 4.98 Å². The Morgan fingerprint density at radius 3 is 2.52 bits per heavy atom. The number of ether oxygens (including phenoxy) is 1. The van der Waals surface area contributed by atoms with E-state index in [1.807, 2.05) is 0 Å². The van der Waals surface area contributed by atoms with E-state index in [2.05, 4.69) is 19.4 Å². The molecule has 1 aromatic heterocycles. The molecule has 0 radical (unpaired) electrons. The number of anilines is 1. The molecule has 0 unspecified atom stereocenters. The topological polar surface area (TPSA) is 235 Å². The maximum Gasteiger partial charge on any atom is 0.418 e. The molecular weight excluding hydrogens is 566 g/mol. The van der Waals surface area contributed by atoms with Crippen molar-refractivity contribution in [1.29, 1.82) is 0 Å². The third-order valence-electron chi connectivity index (χ3n) is 5.86. The van der Waals surface area contributed by atoms with Gasteiger partial charge >= 0.3 is 10.4 Å². The minimum absolute atomic E-state index is 0.0231. The maximum atomic E-state index is 13.1. The van der Waals surface area contributed by atoms with Crippen molar-refractivity contribution in [1.82, 2.24) is 10.0 Å². The fourth-order valence-electron chi connectivity index (χ4n) is 3.70. The molecule has 17 heteroatoms. The van der Waals surface area contributed by atoms with Gasteiger partial charge in [-0.2, -0.15) is 13.5 Å². The molecule has 15 nitrogen and oxygen atoms in total. The Bertz CT molecular complexity index is 1370. The van der Waals surface area contributed by atoms with Crippen molar-refractivity contribution in [3.8, 4) is 5.75 Å². The summed E-state index contributed by atoms with van der Waals surface area (Å²) >= 11 is 1.09. The van der Waals surface area contributed by atoms with E-state index in [0.717, 1.165) is 23.3 Å². The van der Waals surface area contributed by atoms with Gasteiger partial charge in [-0.3, -0.25) is 19.1 Å². The molecule has 0 saturated carbocycles. The van der Waals surface area contributed by atoms with Crippen molar-refractivity contribution < 1.29 is 36.4 Å². The van der Waals surface area contributed by atoms with Crippen LogP contribution >= 0.6 is 11.3 Å². The number of benzene rings is 1. The fraction of sp³-hybridized carbons (Fsp3) is 0.435. The number of β-lactam (4-membered cyclic amide) rings is 1. The average Bonchev–Trinajstić information content (AvgIpc) is 3.33. The number of hydrogen-bond acceptors (Lipinski definition) is 13. The molecule has 0 bridgehead atoms. The van der Waals surface area contributed by atoms with Gasteiger partial charge < -0.3 is 26.8 Å². The van der Waals surface area contributed by atoms with Gasteiger partial charge in [0.15, 0.2) is 23.2 Å². The first-order valence-corrected chi connectivity index (χ1v) is 14.3. The number of carbonyl (C=O) groups excluding carboxylic acids is 2. The van der Waals surface area contributed by atoms with Gasteiger partial charge in [-0.15, -0.1) is 15.6 Å². The van der Waals surface area contributed by atoms with Gasteiger partial charge in [-0.05, 0) is 51.1 Å². The first-order chi connectivity index (χ1) is 18.8. The molecule has 3 rings (SSSR count). The predicted molar refractivity (Wildman–Crippen MR) is 147 cm³/mol. The normalized spacial score (nSPS) is 17.4. The largest absolute Gasteiger partial charge is 0.490 e. The summed E-state index contributed by atoms with van der Waals surface area (Å²) in [5.41, 5.74) is 16.6. The van der Waals surface area contributed by atoms with Crippen molar-refractivity contribution in [3.05, 3.63) is 40.9 Å². The van der Waals surface area contributed by atoms with Gasteiger partial charge in [0.05, 0.1) is 11.5 Å². The molecular formula is C23H31N7O8S2. The quantitative estimate of drug-likeness (QED) is 0.0549. The van der Waals surface area contributed by atoms with Crippen LogP contribution in [0, 0.1) is 5.92 Å². The van der Waals surface area contributed by atoms with E-state index in [4.69, 9.17) is 31.3 Å². The molecule has 7 N–H and O–H groups in total. The van der Waals surface area contributed by atoms with Crippen LogP contribution in [-0.2, 0) is 29.1 Å². The number of hydrogen-bond donors (Lipinski definition) is 4. The number of nitrogens with two attached hydrogens (primary N) is 3. The zero-order valence-corrected chi connectivity index (χ0v) is 23.5. The molecule has 2 aromatic rings. The summed E-state index contributed by atoms with van der Waals surface area (Å²) in [6.45, 7) is 4.13. The summed E-state index contributed by atoms with van der Waals surface area (Å²) in [4.78, 5) is 39.2. The SMILES string of the molecule is CC1(C)[C@H](CC(=O)/C(=N\OCCOc2ccc(C(N)=NCCCN)cc2)c2csc(N)n2)C(=O)N1OS(=O)(=O)O. The fourth-order valence-corrected chi connectivity index (χ4v) is 4.70. The highest BCUT2D eigenvalue weighted by Gasteiger charge is 2.57. The highest BCUT2D eigenvalue weighted by molar-refractivity contribution is 7.80. The van der Waals surface area contributed by atoms with E-state index in [-0.39, 0.29) is 36.2 Å². The third kappa shape index (κ3) is 7.95. The second-order valence-corrected chi connectivity index (χ2v) is 11.0. The van der Waals surface area contributed by atoms with Crippen LogP contribution in [-0.4, -0.2) is 78.1 Å². The number of carbonyl (C=O) groups is 2. The Hall–Kier alpha value is -3.64. The Balaban J connectivity index is 1.59. The first-order valence-electron chi connectivity index (χ1n) is 12.0. The highest BCUT2D eigenvalue weighted by Crippen LogP contribution is 2.40. The van der Waals surface area contributed by atoms with Crippen LogP contribution in [0.1, 0.15) is 37.9 Å². The van der Waals surface area contributed by atoms with E-state index in [0.29, 0.717) is 29.7 Å². The lowest BCUT2D eigenvalue weighted by atomic mass is 9.74. The molecule has 1 aliphatic rings. The van der Waals surface area contributed by atoms with E-state index < -0.39 is 33.5 Å². The number of hydroxylamine groups is 2. The third-order valence-corrected chi connectivity index (χ3v) is 6.87. The van der Waals surface area contributed by atoms with Gasteiger partial charge in [0, 0.05) is 23.9 Å². The number of ketones is 1. The molecule has 1 saturated heterocycles. The van der Waals surface area contributed by atoms with E-state index >= 15 is 0 Å². The number of thiazole rings is 1. The van der Waals surface area contributed by atoms with Crippen molar-refractivity contribution in [2.24, 2.45) is 27.5 Å². The Labute approximate surface area is 234 Å². The zero-order valence-electron chi connectivity index (χ0n) is 21.8. The van der Waals surface area contributed by atoms with Crippen molar-refractivity contribution in [2.45, 2.75) is 32.2 Å². The van der Waals surface area contributed by atoms with Crippen LogP contribution in [0.5, 0.6) is 5.75 Å². The van der Waals surface area contributed by atoms with Crippen LogP contribution in [0.25, 0.3) is 0 Å². The Kier molecular flexibility index (Phi) is 10.2. The van der Waals surface area contributed by atoms with E-state index in [1.54, 1.807) is 24.3 Å². The van der Waals surface area contributed by atoms with Crippen molar-refractivity contribution in [3.63, 3.8) is 0 Å². The molecule has 1 amide bonds. The summed E-state index contributed by atoms with van der Waals surface area (Å²) < 4.78 is 40.9.